The van der Waals surface area contributed by atoms with Crippen LogP contribution in [-0.2, 0) is 9.53 Å². The Morgan fingerprint density at radius 2 is 1.97 bits per heavy atom. The van der Waals surface area contributed by atoms with Crippen LogP contribution in [-0.4, -0.2) is 47.4 Å². The Labute approximate surface area is 233 Å². The van der Waals surface area contributed by atoms with Crippen molar-refractivity contribution in [2.75, 3.05) is 41.8 Å². The van der Waals surface area contributed by atoms with Crippen LogP contribution in [0.4, 0.5) is 27.3 Å². The molecule has 12 heteroatoms. The van der Waals surface area contributed by atoms with Crippen LogP contribution in [0.5, 0.6) is 5.75 Å². The summed E-state index contributed by atoms with van der Waals surface area (Å²) < 4.78 is 27.1. The molecule has 39 heavy (non-hydrogen) atoms. The van der Waals surface area contributed by atoms with E-state index in [4.69, 9.17) is 32.7 Å². The molecule has 2 aromatic heterocycles. The van der Waals surface area contributed by atoms with Crippen LogP contribution in [0.1, 0.15) is 18.6 Å². The van der Waals surface area contributed by atoms with E-state index in [9.17, 15) is 4.79 Å². The van der Waals surface area contributed by atoms with Gasteiger partial charge in [0.2, 0.25) is 5.91 Å². The Kier molecular flexibility index (Phi) is 7.87. The summed E-state index contributed by atoms with van der Waals surface area (Å²) in [5.41, 5.74) is 2.25. The summed E-state index contributed by atoms with van der Waals surface area (Å²) in [4.78, 5) is 18.2. The summed E-state index contributed by atoms with van der Waals surface area (Å²) in [6.45, 7) is 7.63. The van der Waals surface area contributed by atoms with Crippen molar-refractivity contribution in [1.82, 2.24) is 15.2 Å². The lowest BCUT2D eigenvalue weighted by atomic mass is 10.1. The number of morpholine rings is 1. The minimum Gasteiger partial charge on any atom is -0.486 e. The molecule has 0 unspecified atom stereocenters. The van der Waals surface area contributed by atoms with E-state index in [-0.39, 0.29) is 11.4 Å². The molecule has 9 nitrogen and oxygen atoms in total. The Morgan fingerprint density at radius 3 is 2.69 bits per heavy atom. The molecular weight excluding hydrogens is 546 g/mol. The predicted octanol–water partition coefficient (Wildman–Crippen LogP) is 6.25. The topological polar surface area (TPSA) is 104 Å². The van der Waals surface area contributed by atoms with Gasteiger partial charge in [0.05, 0.1) is 34.5 Å². The van der Waals surface area contributed by atoms with Crippen LogP contribution in [0.3, 0.4) is 0 Å². The number of amides is 1. The molecule has 4 aromatic rings. The summed E-state index contributed by atoms with van der Waals surface area (Å²) in [5.74, 6) is -0.166. The summed E-state index contributed by atoms with van der Waals surface area (Å²) >= 11 is 12.6. The monoisotopic (exact) mass is 570 g/mol. The van der Waals surface area contributed by atoms with E-state index < -0.39 is 17.8 Å². The average molecular weight is 571 g/mol. The Balaban J connectivity index is 1.46. The molecule has 3 N–H and O–H groups in total. The summed E-state index contributed by atoms with van der Waals surface area (Å²) in [7, 11) is 0. The average Bonchev–Trinajstić information content (AvgIpc) is 3.32. The van der Waals surface area contributed by atoms with Crippen LogP contribution in [0.15, 0.2) is 55.4 Å². The normalized spacial score (nSPS) is 14.2. The van der Waals surface area contributed by atoms with Gasteiger partial charge in [-0.15, -0.1) is 0 Å². The molecule has 3 heterocycles. The molecule has 0 aliphatic carbocycles. The second-order valence-corrected chi connectivity index (χ2v) is 9.64. The molecule has 0 saturated carbocycles. The number of fused-ring (bicyclic) bond motifs is 1. The largest absolute Gasteiger partial charge is 0.486 e. The SMILES string of the molecule is C=CC(=O)Nc1cc(N2CCOCC2)cc(F)c1Nc1n[nH]c2ccc(O[C@H](C)c3c(Cl)cncc3Cl)cc12. The van der Waals surface area contributed by atoms with E-state index in [0.29, 0.717) is 70.1 Å². The van der Waals surface area contributed by atoms with Crippen LogP contribution in [0.2, 0.25) is 10.0 Å². The van der Waals surface area contributed by atoms with Gasteiger partial charge in [0.15, 0.2) is 11.6 Å². The van der Waals surface area contributed by atoms with Crippen LogP contribution in [0.25, 0.3) is 10.9 Å². The van der Waals surface area contributed by atoms with Gasteiger partial charge in [-0.25, -0.2) is 4.39 Å². The van der Waals surface area contributed by atoms with Crippen molar-refractivity contribution >= 4 is 62.9 Å². The third-order valence-corrected chi connectivity index (χ3v) is 6.88. The number of ether oxygens (including phenoxy) is 2. The number of nitrogens with one attached hydrogen (secondary N) is 3. The van der Waals surface area contributed by atoms with Crippen molar-refractivity contribution < 1.29 is 18.7 Å². The summed E-state index contributed by atoms with van der Waals surface area (Å²) in [5, 5.41) is 14.4. The van der Waals surface area contributed by atoms with Crippen molar-refractivity contribution in [2.45, 2.75) is 13.0 Å². The number of rotatable bonds is 8. The number of carbonyl (C=O) groups is 1. The molecule has 1 fully saturated rings. The highest BCUT2D eigenvalue weighted by Crippen LogP contribution is 2.37. The Hall–Kier alpha value is -3.86. The second kappa shape index (κ2) is 11.5. The van der Waals surface area contributed by atoms with E-state index in [1.807, 2.05) is 11.8 Å². The number of aromatic amines is 1. The van der Waals surface area contributed by atoms with Gasteiger partial charge >= 0.3 is 0 Å². The zero-order valence-electron chi connectivity index (χ0n) is 20.9. The zero-order chi connectivity index (χ0) is 27.5. The van der Waals surface area contributed by atoms with E-state index in [0.717, 1.165) is 6.08 Å². The maximum absolute atomic E-state index is 15.5. The number of H-pyrrole nitrogens is 1. The highest BCUT2D eigenvalue weighted by Gasteiger charge is 2.21. The number of nitrogens with zero attached hydrogens (tertiary/aromatic N) is 3. The fourth-order valence-electron chi connectivity index (χ4n) is 4.36. The fourth-order valence-corrected chi connectivity index (χ4v) is 5.03. The van der Waals surface area contributed by atoms with Gasteiger partial charge in [0, 0.05) is 42.1 Å². The van der Waals surface area contributed by atoms with E-state index in [1.165, 1.54) is 18.5 Å². The van der Waals surface area contributed by atoms with Gasteiger partial charge in [0.1, 0.15) is 17.5 Å². The first-order chi connectivity index (χ1) is 18.8. The lowest BCUT2D eigenvalue weighted by Crippen LogP contribution is -2.36. The lowest BCUT2D eigenvalue weighted by molar-refractivity contribution is -0.111. The summed E-state index contributed by atoms with van der Waals surface area (Å²) in [6, 6.07) is 8.47. The first kappa shape index (κ1) is 26.7. The van der Waals surface area contributed by atoms with Crippen LogP contribution in [0, 0.1) is 5.82 Å². The molecule has 0 spiro atoms. The third kappa shape index (κ3) is 5.78. The van der Waals surface area contributed by atoms with E-state index in [2.05, 4.69) is 32.4 Å². The molecule has 0 radical (unpaired) electrons. The first-order valence-corrected chi connectivity index (χ1v) is 12.9. The lowest BCUT2D eigenvalue weighted by Gasteiger charge is -2.29. The van der Waals surface area contributed by atoms with Gasteiger partial charge in [-0.1, -0.05) is 29.8 Å². The molecule has 1 saturated heterocycles. The van der Waals surface area contributed by atoms with Crippen LogP contribution < -0.4 is 20.3 Å². The van der Waals surface area contributed by atoms with Gasteiger partial charge < -0.3 is 25.0 Å². The molecule has 5 rings (SSSR count). The molecule has 202 valence electrons. The smallest absolute Gasteiger partial charge is 0.247 e. The van der Waals surface area contributed by atoms with E-state index >= 15 is 4.39 Å². The summed E-state index contributed by atoms with van der Waals surface area (Å²) in [6.07, 6.45) is 3.66. The van der Waals surface area contributed by atoms with Crippen molar-refractivity contribution in [3.63, 3.8) is 0 Å². The molecule has 2 aromatic carbocycles. The van der Waals surface area contributed by atoms with Crippen molar-refractivity contribution in [3.05, 3.63) is 76.8 Å². The van der Waals surface area contributed by atoms with Gasteiger partial charge in [-0.3, -0.25) is 14.9 Å². The number of pyridine rings is 1. The number of anilines is 4. The molecule has 1 aliphatic rings. The maximum Gasteiger partial charge on any atom is 0.247 e. The molecule has 1 aliphatic heterocycles. The maximum atomic E-state index is 15.5. The quantitative estimate of drug-likeness (QED) is 0.215. The molecule has 1 amide bonds. The molecule has 1 atom stereocenters. The second-order valence-electron chi connectivity index (χ2n) is 8.82. The zero-order valence-corrected chi connectivity index (χ0v) is 22.4. The highest BCUT2D eigenvalue weighted by atomic mass is 35.5. The van der Waals surface area contributed by atoms with Crippen LogP contribution >= 0.6 is 23.2 Å². The minimum atomic E-state index is -0.558. The third-order valence-electron chi connectivity index (χ3n) is 6.28. The molecule has 0 bridgehead atoms. The van der Waals surface area contributed by atoms with Gasteiger partial charge in [-0.05, 0) is 43.3 Å². The predicted molar refractivity (Wildman–Crippen MR) is 151 cm³/mol. The number of halogens is 3. The first-order valence-electron chi connectivity index (χ1n) is 12.1. The Bertz CT molecular complexity index is 1520. The number of benzene rings is 2. The van der Waals surface area contributed by atoms with Gasteiger partial charge in [-0.2, -0.15) is 5.10 Å². The minimum absolute atomic E-state index is 0.0608. The number of carbonyl (C=O) groups excluding carboxylic acids is 1. The highest BCUT2D eigenvalue weighted by molar-refractivity contribution is 6.35. The van der Waals surface area contributed by atoms with Crippen molar-refractivity contribution in [1.29, 1.82) is 0 Å². The van der Waals surface area contributed by atoms with Crippen molar-refractivity contribution in [2.24, 2.45) is 0 Å². The number of aromatic nitrogens is 3. The number of hydrogen-bond acceptors (Lipinski definition) is 7. The Morgan fingerprint density at radius 1 is 1.23 bits per heavy atom. The van der Waals surface area contributed by atoms with Gasteiger partial charge in [0.25, 0.3) is 0 Å². The fraction of sp³-hybridized carbons (Fsp3) is 0.222. The standard InChI is InChI=1S/C27H25Cl2FN6O3/c1-3-24(37)32-23-11-16(36-6-8-38-9-7-36)10-21(30)26(23)33-27-18-12-17(4-5-22(18)34-35-27)39-15(2)25-19(28)13-31-14-20(25)29/h3-5,10-15H,1,6-9H2,2H3,(H,32,37)(H2,33,34,35)/t15-/m1/s1. The number of hydrogen-bond donors (Lipinski definition) is 3. The molecular formula is C27H25Cl2FN6O3. The van der Waals surface area contributed by atoms with Crippen molar-refractivity contribution in [3.8, 4) is 5.75 Å². The van der Waals surface area contributed by atoms with E-state index in [1.54, 1.807) is 24.3 Å².